The van der Waals surface area contributed by atoms with Crippen LogP contribution in [0.4, 0.5) is 0 Å². The van der Waals surface area contributed by atoms with Crippen molar-refractivity contribution >= 4 is 0 Å². The van der Waals surface area contributed by atoms with Gasteiger partial charge in [0.25, 0.3) is 0 Å². The molecule has 0 aliphatic heterocycles. The van der Waals surface area contributed by atoms with Crippen LogP contribution in [0.5, 0.6) is 0 Å². The molecule has 3 unspecified atom stereocenters. The minimum Gasteiger partial charge on any atom is -0.396 e. The zero-order valence-electron chi connectivity index (χ0n) is 16.2. The zero-order chi connectivity index (χ0) is 17.5. The van der Waals surface area contributed by atoms with Crippen molar-refractivity contribution in [3.63, 3.8) is 0 Å². The molecule has 2 rings (SSSR count). The van der Waals surface area contributed by atoms with Crippen molar-refractivity contribution in [2.24, 2.45) is 16.7 Å². The minimum atomic E-state index is 0.149. The number of aliphatic hydroxyl groups is 1. The van der Waals surface area contributed by atoms with E-state index in [1.165, 1.54) is 50.5 Å². The molecule has 0 heterocycles. The van der Waals surface area contributed by atoms with E-state index in [2.05, 4.69) is 51.2 Å². The molecule has 0 aromatic rings. The van der Waals surface area contributed by atoms with E-state index in [1.54, 1.807) is 0 Å². The highest BCUT2D eigenvalue weighted by molar-refractivity contribution is 5.33. The number of hydrogen-bond donors (Lipinski definition) is 1. The standard InChI is InChI=1S/C23H38O/c1-20-10-4-6-15-22(2,16-8-11-20)23(3)17-9-13-21(14-18-23)12-5-7-19-24/h9,13-14,17-18,20,24H,4-8,10-12,15-16,19H2,1-3H3. The van der Waals surface area contributed by atoms with Gasteiger partial charge in [0.1, 0.15) is 0 Å². The summed E-state index contributed by atoms with van der Waals surface area (Å²) in [6.07, 6.45) is 24.5. The van der Waals surface area contributed by atoms with Crippen LogP contribution in [0.1, 0.15) is 85.0 Å². The predicted octanol–water partition coefficient (Wildman–Crippen LogP) is 6.59. The van der Waals surface area contributed by atoms with Gasteiger partial charge in [-0.3, -0.25) is 0 Å². The van der Waals surface area contributed by atoms with E-state index in [-0.39, 0.29) is 5.41 Å². The predicted molar refractivity (Wildman–Crippen MR) is 105 cm³/mol. The summed E-state index contributed by atoms with van der Waals surface area (Å²) in [5.74, 6) is 0.903. The van der Waals surface area contributed by atoms with Crippen molar-refractivity contribution in [2.75, 3.05) is 6.61 Å². The number of hydrogen-bond acceptors (Lipinski definition) is 1. The summed E-state index contributed by atoms with van der Waals surface area (Å²) in [6, 6.07) is 0. The Kier molecular flexibility index (Phi) is 7.34. The molecule has 0 aromatic heterocycles. The van der Waals surface area contributed by atoms with Gasteiger partial charge in [0, 0.05) is 12.0 Å². The molecular formula is C23H38O. The molecule has 2 aliphatic carbocycles. The maximum atomic E-state index is 8.98. The van der Waals surface area contributed by atoms with E-state index >= 15 is 0 Å². The molecular weight excluding hydrogens is 292 g/mol. The van der Waals surface area contributed by atoms with Crippen LogP contribution in [-0.2, 0) is 0 Å². The second-order valence-electron chi connectivity index (χ2n) is 8.70. The van der Waals surface area contributed by atoms with Crippen molar-refractivity contribution < 1.29 is 5.11 Å². The Morgan fingerprint density at radius 3 is 2.58 bits per heavy atom. The van der Waals surface area contributed by atoms with Gasteiger partial charge >= 0.3 is 0 Å². The normalized spacial score (nSPS) is 34.8. The molecule has 0 aromatic carbocycles. The fraction of sp³-hybridized carbons (Fsp3) is 0.739. The van der Waals surface area contributed by atoms with E-state index in [0.29, 0.717) is 12.0 Å². The molecule has 0 radical (unpaired) electrons. The van der Waals surface area contributed by atoms with Crippen molar-refractivity contribution in [3.8, 4) is 0 Å². The zero-order valence-corrected chi connectivity index (χ0v) is 16.2. The van der Waals surface area contributed by atoms with Crippen LogP contribution >= 0.6 is 0 Å². The fourth-order valence-electron chi connectivity index (χ4n) is 4.43. The summed E-state index contributed by atoms with van der Waals surface area (Å²) in [5, 5.41) is 8.98. The Bertz CT molecular complexity index is 472. The van der Waals surface area contributed by atoms with E-state index in [4.69, 9.17) is 5.11 Å². The maximum absolute atomic E-state index is 8.98. The van der Waals surface area contributed by atoms with Gasteiger partial charge in [-0.15, -0.1) is 0 Å². The van der Waals surface area contributed by atoms with Gasteiger partial charge in [-0.2, -0.15) is 0 Å². The lowest BCUT2D eigenvalue weighted by molar-refractivity contribution is 0.132. The Hall–Kier alpha value is -0.820. The molecule has 1 saturated carbocycles. The largest absolute Gasteiger partial charge is 0.396 e. The van der Waals surface area contributed by atoms with Crippen molar-refractivity contribution in [3.05, 3.63) is 36.0 Å². The van der Waals surface area contributed by atoms with E-state index in [9.17, 15) is 0 Å². The van der Waals surface area contributed by atoms with Gasteiger partial charge < -0.3 is 5.11 Å². The monoisotopic (exact) mass is 330 g/mol. The molecule has 1 heteroatoms. The van der Waals surface area contributed by atoms with Gasteiger partial charge in [-0.05, 0) is 49.0 Å². The van der Waals surface area contributed by atoms with Gasteiger partial charge in [-0.1, -0.05) is 83.3 Å². The van der Waals surface area contributed by atoms with Crippen LogP contribution in [0.15, 0.2) is 36.0 Å². The SMILES string of the molecule is CC1CCCCC(C)(C2(C)C=CC=C(CCCCO)C=C2)CCC1. The van der Waals surface area contributed by atoms with Crippen LogP contribution in [-0.4, -0.2) is 11.7 Å². The molecule has 1 fully saturated rings. The third kappa shape index (κ3) is 5.09. The lowest BCUT2D eigenvalue weighted by atomic mass is 9.60. The highest BCUT2D eigenvalue weighted by Gasteiger charge is 2.40. The Morgan fingerprint density at radius 2 is 1.79 bits per heavy atom. The van der Waals surface area contributed by atoms with Crippen molar-refractivity contribution in [1.82, 2.24) is 0 Å². The first-order chi connectivity index (χ1) is 11.5. The Morgan fingerprint density at radius 1 is 1.04 bits per heavy atom. The summed E-state index contributed by atoms with van der Waals surface area (Å²) >= 11 is 0. The fourth-order valence-corrected chi connectivity index (χ4v) is 4.43. The number of rotatable bonds is 5. The molecule has 3 atom stereocenters. The molecule has 2 aliphatic rings. The highest BCUT2D eigenvalue weighted by Crippen LogP contribution is 2.50. The van der Waals surface area contributed by atoms with Crippen LogP contribution in [0.25, 0.3) is 0 Å². The van der Waals surface area contributed by atoms with Gasteiger partial charge in [0.2, 0.25) is 0 Å². The van der Waals surface area contributed by atoms with Gasteiger partial charge in [-0.25, -0.2) is 0 Å². The molecule has 0 spiro atoms. The van der Waals surface area contributed by atoms with Crippen molar-refractivity contribution in [2.45, 2.75) is 85.0 Å². The lowest BCUT2D eigenvalue weighted by Crippen LogP contribution is -2.34. The molecule has 24 heavy (non-hydrogen) atoms. The van der Waals surface area contributed by atoms with Crippen molar-refractivity contribution in [1.29, 1.82) is 0 Å². The molecule has 136 valence electrons. The number of unbranched alkanes of at least 4 members (excludes halogenated alkanes) is 1. The average Bonchev–Trinajstić information content (AvgIpc) is 2.69. The Labute approximate surface area is 149 Å². The quantitative estimate of drug-likeness (QED) is 0.563. The minimum absolute atomic E-state index is 0.149. The molecule has 1 N–H and O–H groups in total. The Balaban J connectivity index is 2.09. The second-order valence-corrected chi connectivity index (χ2v) is 8.70. The molecule has 0 amide bonds. The van der Waals surface area contributed by atoms with Crippen LogP contribution in [0.2, 0.25) is 0 Å². The molecule has 1 nitrogen and oxygen atoms in total. The first kappa shape index (κ1) is 19.5. The van der Waals surface area contributed by atoms with Crippen LogP contribution in [0.3, 0.4) is 0 Å². The molecule has 0 bridgehead atoms. The lowest BCUT2D eigenvalue weighted by Gasteiger charge is -2.44. The van der Waals surface area contributed by atoms with E-state index in [0.717, 1.165) is 25.2 Å². The summed E-state index contributed by atoms with van der Waals surface area (Å²) in [7, 11) is 0. The second kappa shape index (κ2) is 9.04. The molecule has 0 saturated heterocycles. The van der Waals surface area contributed by atoms with E-state index in [1.807, 2.05) is 0 Å². The first-order valence-corrected chi connectivity index (χ1v) is 10.2. The first-order valence-electron chi connectivity index (χ1n) is 10.2. The average molecular weight is 331 g/mol. The van der Waals surface area contributed by atoms with Gasteiger partial charge in [0.15, 0.2) is 0 Å². The highest BCUT2D eigenvalue weighted by atomic mass is 16.2. The number of allylic oxidation sites excluding steroid dienone is 6. The summed E-state index contributed by atoms with van der Waals surface area (Å²) in [6.45, 7) is 7.69. The van der Waals surface area contributed by atoms with Crippen LogP contribution < -0.4 is 0 Å². The topological polar surface area (TPSA) is 20.2 Å². The number of aliphatic hydroxyl groups excluding tert-OH is 1. The summed E-state index contributed by atoms with van der Waals surface area (Å²) in [4.78, 5) is 0. The van der Waals surface area contributed by atoms with Crippen LogP contribution in [0, 0.1) is 16.7 Å². The third-order valence-electron chi connectivity index (χ3n) is 6.67. The summed E-state index contributed by atoms with van der Waals surface area (Å²) in [5.41, 5.74) is 1.91. The smallest absolute Gasteiger partial charge is 0.0431 e. The third-order valence-corrected chi connectivity index (χ3v) is 6.67. The van der Waals surface area contributed by atoms with Gasteiger partial charge in [0.05, 0.1) is 0 Å². The summed E-state index contributed by atoms with van der Waals surface area (Å²) < 4.78 is 0. The maximum Gasteiger partial charge on any atom is 0.0431 e. The van der Waals surface area contributed by atoms with E-state index < -0.39 is 0 Å².